The number of rotatable bonds is 6. The number of carbonyl (C=O) groups is 1. The average molecular weight is 478 g/mol. The van der Waals surface area contributed by atoms with Gasteiger partial charge in [0.2, 0.25) is 5.13 Å². The minimum Gasteiger partial charge on any atom is -0.384 e. The first-order chi connectivity index (χ1) is 15.8. The van der Waals surface area contributed by atoms with Gasteiger partial charge in [-0.25, -0.2) is 0 Å². The molecule has 0 radical (unpaired) electrons. The van der Waals surface area contributed by atoms with Gasteiger partial charge in [-0.3, -0.25) is 9.69 Å². The Hall–Kier alpha value is -2.89. The zero-order valence-corrected chi connectivity index (χ0v) is 20.7. The van der Waals surface area contributed by atoms with Crippen LogP contribution >= 0.6 is 23.1 Å². The third kappa shape index (κ3) is 4.35. The third-order valence-electron chi connectivity index (χ3n) is 6.01. The van der Waals surface area contributed by atoms with Crippen LogP contribution in [0.25, 0.3) is 0 Å². The fourth-order valence-electron chi connectivity index (χ4n) is 4.49. The number of allylic oxidation sites excluding steroid dienone is 3. The SMILES string of the molecule is C=CCSc1nnc(N2C(N)=C(C#N)C(c3ccc(CC)cc3)C3=C2CC(C)(C)CC3=O)s1. The van der Waals surface area contributed by atoms with E-state index >= 15 is 0 Å². The largest absolute Gasteiger partial charge is 0.384 e. The topological polar surface area (TPSA) is 95.9 Å². The Morgan fingerprint density at radius 2 is 2.06 bits per heavy atom. The molecule has 8 heteroatoms. The minimum atomic E-state index is -0.474. The van der Waals surface area contributed by atoms with E-state index in [9.17, 15) is 10.1 Å². The lowest BCUT2D eigenvalue weighted by atomic mass is 9.68. The lowest BCUT2D eigenvalue weighted by molar-refractivity contribution is -0.118. The molecule has 1 atom stereocenters. The molecule has 2 heterocycles. The van der Waals surface area contributed by atoms with Crippen LogP contribution in [0.3, 0.4) is 0 Å². The van der Waals surface area contributed by atoms with Gasteiger partial charge in [-0.05, 0) is 29.4 Å². The van der Waals surface area contributed by atoms with Crippen molar-refractivity contribution in [3.05, 3.63) is 70.7 Å². The number of aromatic nitrogens is 2. The molecule has 2 N–H and O–H groups in total. The molecule has 0 fully saturated rings. The van der Waals surface area contributed by atoms with Crippen molar-refractivity contribution in [2.45, 2.75) is 50.3 Å². The summed E-state index contributed by atoms with van der Waals surface area (Å²) in [6, 6.07) is 10.4. The van der Waals surface area contributed by atoms with E-state index in [2.05, 4.69) is 55.7 Å². The first kappa shape index (κ1) is 23.3. The Morgan fingerprint density at radius 1 is 1.33 bits per heavy atom. The van der Waals surface area contributed by atoms with Gasteiger partial charge in [0.25, 0.3) is 0 Å². The highest BCUT2D eigenvalue weighted by molar-refractivity contribution is 8.01. The molecule has 170 valence electrons. The maximum atomic E-state index is 13.5. The molecule has 1 unspecified atom stereocenters. The maximum absolute atomic E-state index is 13.5. The number of Topliss-reactive ketones (excluding diaryl/α,β-unsaturated/α-hetero) is 1. The number of anilines is 1. The highest BCUT2D eigenvalue weighted by Gasteiger charge is 2.45. The van der Waals surface area contributed by atoms with Crippen molar-refractivity contribution in [2.24, 2.45) is 11.1 Å². The molecule has 6 nitrogen and oxygen atoms in total. The smallest absolute Gasteiger partial charge is 0.219 e. The summed E-state index contributed by atoms with van der Waals surface area (Å²) < 4.78 is 0.789. The summed E-state index contributed by atoms with van der Waals surface area (Å²) in [5.41, 5.74) is 10.4. The number of aryl methyl sites for hydroxylation is 1. The van der Waals surface area contributed by atoms with Gasteiger partial charge in [0.1, 0.15) is 5.82 Å². The van der Waals surface area contributed by atoms with Gasteiger partial charge < -0.3 is 5.73 Å². The zero-order valence-electron chi connectivity index (χ0n) is 19.1. The molecule has 0 bridgehead atoms. The molecule has 33 heavy (non-hydrogen) atoms. The molecule has 1 aliphatic carbocycles. The summed E-state index contributed by atoms with van der Waals surface area (Å²) in [6.45, 7) is 10.0. The average Bonchev–Trinajstić information content (AvgIpc) is 3.24. The van der Waals surface area contributed by atoms with Crippen LogP contribution in [0.5, 0.6) is 0 Å². The van der Waals surface area contributed by atoms with Crippen LogP contribution < -0.4 is 10.6 Å². The van der Waals surface area contributed by atoms with Crippen LogP contribution in [0, 0.1) is 16.7 Å². The van der Waals surface area contributed by atoms with Gasteiger partial charge in [-0.15, -0.1) is 16.8 Å². The van der Waals surface area contributed by atoms with Crippen molar-refractivity contribution in [1.29, 1.82) is 5.26 Å². The van der Waals surface area contributed by atoms with Gasteiger partial charge >= 0.3 is 0 Å². The molecule has 2 aromatic rings. The Bertz CT molecular complexity index is 1200. The number of benzene rings is 1. The van der Waals surface area contributed by atoms with Crippen LogP contribution in [-0.2, 0) is 11.2 Å². The molecule has 0 saturated heterocycles. The third-order valence-corrected chi connectivity index (χ3v) is 8.05. The van der Waals surface area contributed by atoms with E-state index in [1.807, 2.05) is 18.2 Å². The van der Waals surface area contributed by atoms with Gasteiger partial charge in [-0.1, -0.05) is 74.2 Å². The lowest BCUT2D eigenvalue weighted by Crippen LogP contribution is -2.42. The highest BCUT2D eigenvalue weighted by atomic mass is 32.2. The second kappa shape index (κ2) is 9.16. The van der Waals surface area contributed by atoms with Crippen molar-refractivity contribution < 1.29 is 4.79 Å². The van der Waals surface area contributed by atoms with Crippen LogP contribution in [-0.4, -0.2) is 21.7 Å². The lowest BCUT2D eigenvalue weighted by Gasteiger charge is -2.42. The quantitative estimate of drug-likeness (QED) is 0.444. The van der Waals surface area contributed by atoms with Crippen molar-refractivity contribution in [3.63, 3.8) is 0 Å². The van der Waals surface area contributed by atoms with Gasteiger partial charge in [0.05, 0.1) is 17.6 Å². The van der Waals surface area contributed by atoms with Crippen LogP contribution in [0.15, 0.2) is 63.9 Å². The Balaban J connectivity index is 1.89. The van der Waals surface area contributed by atoms with Crippen molar-refractivity contribution in [1.82, 2.24) is 10.2 Å². The molecule has 1 aromatic heterocycles. The summed E-state index contributed by atoms with van der Waals surface area (Å²) in [4.78, 5) is 15.3. The number of carbonyl (C=O) groups excluding carboxylic acids is 1. The fourth-order valence-corrected chi connectivity index (χ4v) is 6.13. The molecule has 0 saturated carbocycles. The molecular weight excluding hydrogens is 450 g/mol. The number of nitrogens with zero attached hydrogens (tertiary/aromatic N) is 4. The number of hydrogen-bond donors (Lipinski definition) is 1. The maximum Gasteiger partial charge on any atom is 0.219 e. The van der Waals surface area contributed by atoms with Crippen LogP contribution in [0.2, 0.25) is 0 Å². The second-order valence-electron chi connectivity index (χ2n) is 9.03. The van der Waals surface area contributed by atoms with Gasteiger partial charge in [0.15, 0.2) is 10.1 Å². The molecule has 1 aromatic carbocycles. The standard InChI is InChI=1S/C25H27N5OS2/c1-5-11-32-24-29-28-23(33-24)30-18-12-25(3,4)13-19(31)21(18)20(17(14-26)22(30)27)16-9-7-15(6-2)8-10-16/h5,7-10,20H,1,6,11-13,27H2,2-4H3. The normalized spacial score (nSPS) is 20.0. The van der Waals surface area contributed by atoms with Crippen molar-refractivity contribution in [2.75, 3.05) is 10.7 Å². The fraction of sp³-hybridized carbons (Fsp3) is 0.360. The van der Waals surface area contributed by atoms with E-state index < -0.39 is 5.92 Å². The van der Waals surface area contributed by atoms with Crippen molar-refractivity contribution >= 4 is 34.0 Å². The molecule has 1 aliphatic heterocycles. The minimum absolute atomic E-state index is 0.0573. The number of ketones is 1. The molecule has 4 rings (SSSR count). The summed E-state index contributed by atoms with van der Waals surface area (Å²) in [5.74, 6) is 0.626. The summed E-state index contributed by atoms with van der Waals surface area (Å²) in [5, 5.41) is 19.4. The number of nitriles is 1. The van der Waals surface area contributed by atoms with E-state index in [1.165, 1.54) is 28.7 Å². The van der Waals surface area contributed by atoms with E-state index in [0.717, 1.165) is 27.8 Å². The monoisotopic (exact) mass is 477 g/mol. The Kier molecular flexibility index (Phi) is 6.46. The molecule has 0 spiro atoms. The molecule has 0 amide bonds. The molecule has 2 aliphatic rings. The Morgan fingerprint density at radius 3 is 2.70 bits per heavy atom. The van der Waals surface area contributed by atoms with Gasteiger partial charge in [-0.2, -0.15) is 5.26 Å². The van der Waals surface area contributed by atoms with E-state index in [-0.39, 0.29) is 11.2 Å². The Labute approximate surface area is 202 Å². The first-order valence-corrected chi connectivity index (χ1v) is 12.7. The van der Waals surface area contributed by atoms with Gasteiger partial charge in [0, 0.05) is 23.4 Å². The predicted molar refractivity (Wildman–Crippen MR) is 134 cm³/mol. The van der Waals surface area contributed by atoms with E-state index in [0.29, 0.717) is 34.9 Å². The number of hydrogen-bond acceptors (Lipinski definition) is 8. The van der Waals surface area contributed by atoms with Crippen LogP contribution in [0.4, 0.5) is 5.13 Å². The second-order valence-corrected chi connectivity index (χ2v) is 11.2. The predicted octanol–water partition coefficient (Wildman–Crippen LogP) is 5.32. The zero-order chi connectivity index (χ0) is 23.8. The number of thioether (sulfide) groups is 1. The first-order valence-electron chi connectivity index (χ1n) is 10.9. The number of nitrogens with two attached hydrogens (primary N) is 1. The summed E-state index contributed by atoms with van der Waals surface area (Å²) in [6.07, 6.45) is 3.82. The highest BCUT2D eigenvalue weighted by Crippen LogP contribution is 2.50. The van der Waals surface area contributed by atoms with Crippen molar-refractivity contribution in [3.8, 4) is 6.07 Å². The van der Waals surface area contributed by atoms with Crippen LogP contribution in [0.1, 0.15) is 50.7 Å². The summed E-state index contributed by atoms with van der Waals surface area (Å²) in [7, 11) is 0. The van der Waals surface area contributed by atoms with E-state index in [4.69, 9.17) is 5.73 Å². The van der Waals surface area contributed by atoms with E-state index in [1.54, 1.807) is 4.90 Å². The molecular formula is C25H27N5OS2. The summed E-state index contributed by atoms with van der Waals surface area (Å²) >= 11 is 2.94.